The lowest BCUT2D eigenvalue weighted by atomic mass is 10.2. The second kappa shape index (κ2) is 7.65. The summed E-state index contributed by atoms with van der Waals surface area (Å²) in [5, 5.41) is 1.06. The summed E-state index contributed by atoms with van der Waals surface area (Å²) >= 11 is 7.38. The van der Waals surface area contributed by atoms with Gasteiger partial charge in [-0.3, -0.25) is 29.2 Å². The first-order valence-corrected chi connectivity index (χ1v) is 9.79. The van der Waals surface area contributed by atoms with Crippen molar-refractivity contribution in [3.63, 3.8) is 0 Å². The summed E-state index contributed by atoms with van der Waals surface area (Å²) in [6.45, 7) is -0.0644. The quantitative estimate of drug-likeness (QED) is 0.599. The molecule has 0 N–H and O–H groups in total. The number of nitrogens with zero attached hydrogens (tertiary/aromatic N) is 4. The van der Waals surface area contributed by atoms with Gasteiger partial charge in [-0.1, -0.05) is 29.0 Å². The van der Waals surface area contributed by atoms with Gasteiger partial charge in [-0.25, -0.2) is 4.98 Å². The summed E-state index contributed by atoms with van der Waals surface area (Å²) in [7, 11) is 0. The van der Waals surface area contributed by atoms with Gasteiger partial charge in [-0.05, 0) is 29.8 Å². The highest BCUT2D eigenvalue weighted by atomic mass is 35.5. The number of carbonyl (C=O) groups is 3. The van der Waals surface area contributed by atoms with E-state index < -0.39 is 0 Å². The van der Waals surface area contributed by atoms with Crippen LogP contribution in [0.3, 0.4) is 0 Å². The Morgan fingerprint density at radius 2 is 2.00 bits per heavy atom. The van der Waals surface area contributed by atoms with Gasteiger partial charge in [-0.2, -0.15) is 0 Å². The van der Waals surface area contributed by atoms with Gasteiger partial charge in [0.25, 0.3) is 0 Å². The van der Waals surface area contributed by atoms with Crippen molar-refractivity contribution in [3.8, 4) is 0 Å². The van der Waals surface area contributed by atoms with Gasteiger partial charge in [0.15, 0.2) is 5.13 Å². The number of carbonyl (C=O) groups excluding carboxylic acids is 3. The molecule has 28 heavy (non-hydrogen) atoms. The number of likely N-dealkylation sites (tertiary alicyclic amines) is 1. The molecule has 0 atom stereocenters. The van der Waals surface area contributed by atoms with Crippen molar-refractivity contribution >= 4 is 56.0 Å². The predicted molar refractivity (Wildman–Crippen MR) is 106 cm³/mol. The largest absolute Gasteiger partial charge is 0.282 e. The highest BCUT2D eigenvalue weighted by molar-refractivity contribution is 7.22. The van der Waals surface area contributed by atoms with E-state index in [1.807, 2.05) is 6.07 Å². The molecule has 142 valence electrons. The summed E-state index contributed by atoms with van der Waals surface area (Å²) in [4.78, 5) is 48.0. The minimum absolute atomic E-state index is 0.147. The van der Waals surface area contributed by atoms with E-state index in [0.717, 1.165) is 20.7 Å². The van der Waals surface area contributed by atoms with Gasteiger partial charge >= 0.3 is 0 Å². The first-order chi connectivity index (χ1) is 13.5. The Bertz CT molecular complexity index is 1050. The number of aromatic nitrogens is 2. The first kappa shape index (κ1) is 18.5. The van der Waals surface area contributed by atoms with Crippen molar-refractivity contribution in [2.45, 2.75) is 19.4 Å². The zero-order valence-electron chi connectivity index (χ0n) is 14.7. The topological polar surface area (TPSA) is 83.5 Å². The summed E-state index contributed by atoms with van der Waals surface area (Å²) in [5.74, 6) is -1.02. The number of anilines is 1. The molecule has 2 aromatic heterocycles. The smallest absolute Gasteiger partial charge is 0.249 e. The lowest BCUT2D eigenvalue weighted by Gasteiger charge is -2.22. The van der Waals surface area contributed by atoms with Crippen LogP contribution in [0.5, 0.6) is 0 Å². The lowest BCUT2D eigenvalue weighted by Crippen LogP contribution is -2.42. The van der Waals surface area contributed by atoms with Crippen molar-refractivity contribution in [2.75, 3.05) is 11.4 Å². The molecule has 0 bridgehead atoms. The fraction of sp³-hybridized carbons (Fsp3) is 0.211. The Balaban J connectivity index is 1.67. The Kier molecular flexibility index (Phi) is 5.06. The molecule has 0 aliphatic carbocycles. The third-order valence-corrected chi connectivity index (χ3v) is 5.66. The molecule has 0 unspecified atom stereocenters. The van der Waals surface area contributed by atoms with E-state index in [1.165, 1.54) is 16.2 Å². The molecule has 1 aliphatic rings. The van der Waals surface area contributed by atoms with Crippen LogP contribution in [0.15, 0.2) is 42.7 Å². The van der Waals surface area contributed by atoms with Crippen molar-refractivity contribution in [1.29, 1.82) is 0 Å². The number of pyridine rings is 1. The molecule has 3 aromatic rings. The highest BCUT2D eigenvalue weighted by Gasteiger charge is 2.32. The standard InChI is InChI=1S/C19H15ClN4O3S/c20-13-3-4-14-15(8-13)28-19(22-14)24(10-12-2-1-7-21-9-12)18(27)11-23-16(25)5-6-17(23)26/h1-4,7-9H,5-6,10-11H2. The molecule has 1 aliphatic heterocycles. The van der Waals surface area contributed by atoms with Gasteiger partial charge in [0.05, 0.1) is 16.8 Å². The Hall–Kier alpha value is -2.84. The van der Waals surface area contributed by atoms with Gasteiger partial charge in [0.2, 0.25) is 17.7 Å². The van der Waals surface area contributed by atoms with Gasteiger partial charge in [-0.15, -0.1) is 0 Å². The second-order valence-electron chi connectivity index (χ2n) is 6.32. The summed E-state index contributed by atoms with van der Waals surface area (Å²) < 4.78 is 0.847. The average Bonchev–Trinajstić information content (AvgIpc) is 3.24. The summed E-state index contributed by atoms with van der Waals surface area (Å²) in [6.07, 6.45) is 3.61. The lowest BCUT2D eigenvalue weighted by molar-refractivity contribution is -0.141. The van der Waals surface area contributed by atoms with Crippen LogP contribution in [0, 0.1) is 0 Å². The third-order valence-electron chi connectivity index (χ3n) is 4.38. The van der Waals surface area contributed by atoms with Crippen LogP contribution in [0.1, 0.15) is 18.4 Å². The third kappa shape index (κ3) is 3.74. The van der Waals surface area contributed by atoms with Gasteiger partial charge < -0.3 is 0 Å². The van der Waals surface area contributed by atoms with Crippen LogP contribution in [-0.2, 0) is 20.9 Å². The minimum Gasteiger partial charge on any atom is -0.282 e. The average molecular weight is 415 g/mol. The van der Waals surface area contributed by atoms with Crippen LogP contribution < -0.4 is 4.90 Å². The molecular formula is C19H15ClN4O3S. The number of imide groups is 1. The zero-order valence-corrected chi connectivity index (χ0v) is 16.2. The van der Waals surface area contributed by atoms with E-state index in [2.05, 4.69) is 9.97 Å². The molecule has 1 aromatic carbocycles. The molecule has 0 saturated carbocycles. The normalized spacial score (nSPS) is 14.1. The van der Waals surface area contributed by atoms with Gasteiger partial charge in [0, 0.05) is 30.3 Å². The predicted octanol–water partition coefficient (Wildman–Crippen LogP) is 3.03. The maximum atomic E-state index is 13.0. The number of hydrogen-bond acceptors (Lipinski definition) is 6. The number of benzene rings is 1. The molecule has 7 nitrogen and oxygen atoms in total. The fourth-order valence-corrected chi connectivity index (χ4v) is 4.22. The first-order valence-electron chi connectivity index (χ1n) is 8.60. The van der Waals surface area contributed by atoms with Crippen molar-refractivity contribution in [1.82, 2.24) is 14.9 Å². The van der Waals surface area contributed by atoms with Crippen LogP contribution in [0.25, 0.3) is 10.2 Å². The molecule has 4 rings (SSSR count). The number of hydrogen-bond donors (Lipinski definition) is 0. The van der Waals surface area contributed by atoms with E-state index >= 15 is 0 Å². The van der Waals surface area contributed by atoms with E-state index in [4.69, 9.17) is 11.6 Å². The molecule has 3 amide bonds. The van der Waals surface area contributed by atoms with Crippen LogP contribution in [-0.4, -0.2) is 39.1 Å². The number of thiazole rings is 1. The van der Waals surface area contributed by atoms with E-state index in [9.17, 15) is 14.4 Å². The maximum absolute atomic E-state index is 13.0. The molecular weight excluding hydrogens is 400 g/mol. The second-order valence-corrected chi connectivity index (χ2v) is 7.77. The Morgan fingerprint density at radius 1 is 1.21 bits per heavy atom. The zero-order chi connectivity index (χ0) is 19.7. The molecule has 0 spiro atoms. The van der Waals surface area contributed by atoms with E-state index in [-0.39, 0.29) is 43.7 Å². The monoisotopic (exact) mass is 414 g/mol. The van der Waals surface area contributed by atoms with Crippen LogP contribution in [0.2, 0.25) is 5.02 Å². The number of halogens is 1. The SMILES string of the molecule is O=C1CCC(=O)N1CC(=O)N(Cc1cccnc1)c1nc2ccc(Cl)cc2s1. The fourth-order valence-electron chi connectivity index (χ4n) is 2.96. The summed E-state index contributed by atoms with van der Waals surface area (Å²) in [6, 6.07) is 8.95. The molecule has 9 heteroatoms. The van der Waals surface area contributed by atoms with Crippen LogP contribution in [0.4, 0.5) is 5.13 Å². The number of fused-ring (bicyclic) bond motifs is 1. The molecule has 1 fully saturated rings. The minimum atomic E-state index is -0.377. The van der Waals surface area contributed by atoms with Gasteiger partial charge in [0.1, 0.15) is 6.54 Å². The number of amides is 3. The maximum Gasteiger partial charge on any atom is 0.249 e. The Morgan fingerprint density at radius 3 is 2.71 bits per heavy atom. The van der Waals surface area contributed by atoms with Crippen LogP contribution >= 0.6 is 22.9 Å². The van der Waals surface area contributed by atoms with Crippen molar-refractivity contribution in [2.24, 2.45) is 0 Å². The number of rotatable bonds is 5. The molecule has 0 radical (unpaired) electrons. The van der Waals surface area contributed by atoms with Crippen molar-refractivity contribution < 1.29 is 14.4 Å². The Labute approximate surface area is 169 Å². The van der Waals surface area contributed by atoms with Crippen molar-refractivity contribution in [3.05, 3.63) is 53.3 Å². The highest BCUT2D eigenvalue weighted by Crippen LogP contribution is 2.32. The molecule has 3 heterocycles. The molecule has 1 saturated heterocycles. The van der Waals surface area contributed by atoms with E-state index in [1.54, 1.807) is 36.7 Å². The summed E-state index contributed by atoms with van der Waals surface area (Å²) in [5.41, 5.74) is 1.54. The van der Waals surface area contributed by atoms with E-state index in [0.29, 0.717) is 10.2 Å².